The Morgan fingerprint density at radius 2 is 0.659 bits per heavy atom. The molecule has 44 heavy (non-hydrogen) atoms. The van der Waals surface area contributed by atoms with Crippen LogP contribution in [0.25, 0.3) is 0 Å². The van der Waals surface area contributed by atoms with Gasteiger partial charge < -0.3 is 29.2 Å². The summed E-state index contributed by atoms with van der Waals surface area (Å²) in [7, 11) is 0. The van der Waals surface area contributed by atoms with Crippen LogP contribution in [0.4, 0.5) is 0 Å². The van der Waals surface area contributed by atoms with E-state index in [1.807, 2.05) is 125 Å². The van der Waals surface area contributed by atoms with Gasteiger partial charge in [-0.15, -0.1) is 0 Å². The highest BCUT2D eigenvalue weighted by Crippen LogP contribution is 2.18. The van der Waals surface area contributed by atoms with E-state index in [1.165, 1.54) is 11.1 Å². The van der Waals surface area contributed by atoms with Crippen molar-refractivity contribution in [2.75, 3.05) is 13.2 Å². The van der Waals surface area contributed by atoms with Crippen LogP contribution in [0.5, 0.6) is 0 Å². The van der Waals surface area contributed by atoms with Crippen molar-refractivity contribution in [2.45, 2.75) is 78.5 Å². The molecule has 0 fully saturated rings. The Morgan fingerprint density at radius 3 is 0.932 bits per heavy atom. The van der Waals surface area contributed by atoms with Gasteiger partial charge in [0.1, 0.15) is 24.4 Å². The van der Waals surface area contributed by atoms with Gasteiger partial charge in [-0.3, -0.25) is 0 Å². The van der Waals surface area contributed by atoms with E-state index in [0.29, 0.717) is 13.2 Å². The molecule has 0 radical (unpaired) electrons. The lowest BCUT2D eigenvalue weighted by molar-refractivity contribution is -0.170. The first-order valence-corrected chi connectivity index (χ1v) is 15.2. The standard InChI is InChI=1S/C38H46O6/c1-27-5-13-31(14-6-27)21-41-25-35(43-23-33-17-9-29(3)10-18-33)37(39)38(40)36(44-24-34-19-11-30(4)12-20-34)26-42-22-32-15-7-28(2)8-16-32/h5-20,35-40H,21-26H2,1-4H3. The van der Waals surface area contributed by atoms with E-state index in [1.54, 1.807) is 0 Å². The van der Waals surface area contributed by atoms with Gasteiger partial charge in [-0.05, 0) is 49.9 Å². The molecule has 4 atom stereocenters. The first-order valence-electron chi connectivity index (χ1n) is 15.2. The van der Waals surface area contributed by atoms with Crippen molar-refractivity contribution in [1.82, 2.24) is 0 Å². The minimum Gasteiger partial charge on any atom is -0.388 e. The molecule has 6 heteroatoms. The Bertz CT molecular complexity index is 1260. The van der Waals surface area contributed by atoms with E-state index in [0.717, 1.165) is 33.4 Å². The molecule has 4 aromatic carbocycles. The molecule has 234 valence electrons. The Hall–Kier alpha value is -3.36. The maximum Gasteiger partial charge on any atom is 0.111 e. The maximum atomic E-state index is 11.5. The van der Waals surface area contributed by atoms with Gasteiger partial charge >= 0.3 is 0 Å². The van der Waals surface area contributed by atoms with Crippen LogP contribution in [0.15, 0.2) is 97.1 Å². The van der Waals surface area contributed by atoms with E-state index in [9.17, 15) is 10.2 Å². The number of aryl methyl sites for hydroxylation is 4. The molecule has 0 saturated carbocycles. The zero-order valence-corrected chi connectivity index (χ0v) is 26.3. The summed E-state index contributed by atoms with van der Waals surface area (Å²) in [5.74, 6) is 0. The Balaban J connectivity index is 1.44. The highest BCUT2D eigenvalue weighted by molar-refractivity contribution is 5.23. The number of rotatable bonds is 17. The molecule has 0 amide bonds. The fourth-order valence-electron chi connectivity index (χ4n) is 4.66. The van der Waals surface area contributed by atoms with Crippen LogP contribution in [0.2, 0.25) is 0 Å². The quantitative estimate of drug-likeness (QED) is 0.144. The van der Waals surface area contributed by atoms with Gasteiger partial charge in [0.2, 0.25) is 0 Å². The van der Waals surface area contributed by atoms with Crippen LogP contribution >= 0.6 is 0 Å². The predicted octanol–water partition coefficient (Wildman–Crippen LogP) is 6.55. The minimum absolute atomic E-state index is 0.0901. The molecular weight excluding hydrogens is 552 g/mol. The lowest BCUT2D eigenvalue weighted by Gasteiger charge is -2.32. The van der Waals surface area contributed by atoms with Crippen LogP contribution in [0.1, 0.15) is 44.5 Å². The van der Waals surface area contributed by atoms with Crippen molar-refractivity contribution in [3.05, 3.63) is 142 Å². The molecule has 0 aliphatic carbocycles. The van der Waals surface area contributed by atoms with E-state index < -0.39 is 24.4 Å². The molecule has 0 saturated heterocycles. The molecule has 0 aromatic heterocycles. The maximum absolute atomic E-state index is 11.5. The van der Waals surface area contributed by atoms with Gasteiger partial charge in [0.25, 0.3) is 0 Å². The van der Waals surface area contributed by atoms with E-state index in [4.69, 9.17) is 18.9 Å². The molecular formula is C38H46O6. The van der Waals surface area contributed by atoms with Crippen molar-refractivity contribution in [3.63, 3.8) is 0 Å². The average molecular weight is 599 g/mol. The van der Waals surface area contributed by atoms with Gasteiger partial charge in [0.15, 0.2) is 0 Å². The first-order chi connectivity index (χ1) is 21.3. The fraction of sp³-hybridized carbons (Fsp3) is 0.368. The van der Waals surface area contributed by atoms with Crippen molar-refractivity contribution in [2.24, 2.45) is 0 Å². The van der Waals surface area contributed by atoms with Crippen LogP contribution in [0, 0.1) is 27.7 Å². The summed E-state index contributed by atoms with van der Waals surface area (Å²) in [5.41, 5.74) is 8.63. The van der Waals surface area contributed by atoms with Gasteiger partial charge in [-0.2, -0.15) is 0 Å². The zero-order valence-electron chi connectivity index (χ0n) is 26.3. The molecule has 6 nitrogen and oxygen atoms in total. The summed E-state index contributed by atoms with van der Waals surface area (Å²) in [6.07, 6.45) is -4.19. The summed E-state index contributed by atoms with van der Waals surface area (Å²) < 4.78 is 24.4. The second kappa shape index (κ2) is 17.2. The first kappa shape index (κ1) is 33.5. The Labute approximate surface area is 262 Å². The van der Waals surface area contributed by atoms with Crippen LogP contribution < -0.4 is 0 Å². The third-order valence-corrected chi connectivity index (χ3v) is 7.62. The molecule has 0 aliphatic heterocycles. The number of benzene rings is 4. The Morgan fingerprint density at radius 1 is 0.409 bits per heavy atom. The smallest absolute Gasteiger partial charge is 0.111 e. The van der Waals surface area contributed by atoms with Crippen molar-refractivity contribution in [1.29, 1.82) is 0 Å². The number of aliphatic hydroxyl groups excluding tert-OH is 2. The van der Waals surface area contributed by atoms with Gasteiger partial charge in [-0.25, -0.2) is 0 Å². The summed E-state index contributed by atoms with van der Waals surface area (Å²) in [6.45, 7) is 9.58. The third-order valence-electron chi connectivity index (χ3n) is 7.62. The number of ether oxygens (including phenoxy) is 4. The monoisotopic (exact) mass is 598 g/mol. The highest BCUT2D eigenvalue weighted by Gasteiger charge is 2.34. The van der Waals surface area contributed by atoms with Crippen LogP contribution in [-0.2, 0) is 45.4 Å². The van der Waals surface area contributed by atoms with E-state index in [-0.39, 0.29) is 26.4 Å². The summed E-state index contributed by atoms with van der Waals surface area (Å²) >= 11 is 0. The topological polar surface area (TPSA) is 77.4 Å². The molecule has 2 N–H and O–H groups in total. The van der Waals surface area contributed by atoms with Crippen molar-refractivity contribution < 1.29 is 29.2 Å². The van der Waals surface area contributed by atoms with Gasteiger partial charge in [-0.1, -0.05) is 119 Å². The number of aliphatic hydroxyl groups is 2. The second-order valence-corrected chi connectivity index (χ2v) is 11.7. The minimum atomic E-state index is -1.29. The van der Waals surface area contributed by atoms with Crippen LogP contribution in [0.3, 0.4) is 0 Å². The molecule has 4 rings (SSSR count). The normalized spacial score (nSPS) is 14.2. The molecule has 0 bridgehead atoms. The number of hydrogen-bond acceptors (Lipinski definition) is 6. The Kier molecular flexibility index (Phi) is 13.1. The van der Waals surface area contributed by atoms with Crippen LogP contribution in [-0.4, -0.2) is 47.8 Å². The molecule has 0 heterocycles. The van der Waals surface area contributed by atoms with E-state index in [2.05, 4.69) is 0 Å². The summed E-state index contributed by atoms with van der Waals surface area (Å²) in [4.78, 5) is 0. The summed E-state index contributed by atoms with van der Waals surface area (Å²) in [5, 5.41) is 23.0. The van der Waals surface area contributed by atoms with E-state index >= 15 is 0 Å². The van der Waals surface area contributed by atoms with Gasteiger partial charge in [0, 0.05) is 0 Å². The fourth-order valence-corrected chi connectivity index (χ4v) is 4.66. The van der Waals surface area contributed by atoms with Crippen molar-refractivity contribution >= 4 is 0 Å². The second-order valence-electron chi connectivity index (χ2n) is 11.7. The third kappa shape index (κ3) is 11.0. The average Bonchev–Trinajstić information content (AvgIpc) is 3.03. The largest absolute Gasteiger partial charge is 0.388 e. The number of hydrogen-bond donors (Lipinski definition) is 2. The molecule has 0 aliphatic rings. The molecule has 0 spiro atoms. The zero-order chi connectivity index (χ0) is 31.3. The molecule has 4 unspecified atom stereocenters. The predicted molar refractivity (Wildman–Crippen MR) is 173 cm³/mol. The molecule has 4 aromatic rings. The lowest BCUT2D eigenvalue weighted by Crippen LogP contribution is -2.49. The SMILES string of the molecule is Cc1ccc(COCC(OCc2ccc(C)cc2)C(O)C(O)C(COCc2ccc(C)cc2)OCc2ccc(C)cc2)cc1. The van der Waals surface area contributed by atoms with Gasteiger partial charge in [0.05, 0.1) is 39.6 Å². The lowest BCUT2D eigenvalue weighted by atomic mass is 10.0. The highest BCUT2D eigenvalue weighted by atomic mass is 16.6. The van der Waals surface area contributed by atoms with Crippen molar-refractivity contribution in [3.8, 4) is 0 Å². The summed E-state index contributed by atoms with van der Waals surface area (Å²) in [6, 6.07) is 32.3.